The molecule has 0 unspecified atom stereocenters. The van der Waals surface area contributed by atoms with Gasteiger partial charge in [-0.3, -0.25) is 19.2 Å². The Hall–Kier alpha value is -3.20. The summed E-state index contributed by atoms with van der Waals surface area (Å²) in [6, 6.07) is 13.4. The van der Waals surface area contributed by atoms with Crippen molar-refractivity contribution in [3.05, 3.63) is 64.1 Å². The average molecular weight is 461 g/mol. The number of hydrogen-bond acceptors (Lipinski definition) is 4. The number of amides is 4. The zero-order chi connectivity index (χ0) is 21.2. The van der Waals surface area contributed by atoms with Crippen LogP contribution in [0, 0.1) is 0 Å². The van der Waals surface area contributed by atoms with Crippen LogP contribution in [0.2, 0.25) is 0 Å². The van der Waals surface area contributed by atoms with Gasteiger partial charge in [-0.15, -0.1) is 0 Å². The summed E-state index contributed by atoms with van der Waals surface area (Å²) in [5, 5.41) is 7.91. The second-order valence-electron chi connectivity index (χ2n) is 6.08. The van der Waals surface area contributed by atoms with Crippen LogP contribution >= 0.6 is 15.9 Å². The highest BCUT2D eigenvalue weighted by molar-refractivity contribution is 9.10. The van der Waals surface area contributed by atoms with E-state index in [-0.39, 0.29) is 43.3 Å². The molecule has 0 saturated heterocycles. The Morgan fingerprint density at radius 1 is 0.828 bits per heavy atom. The minimum absolute atomic E-state index is 0.0261. The van der Waals surface area contributed by atoms with Crippen molar-refractivity contribution in [2.45, 2.75) is 12.8 Å². The zero-order valence-electron chi connectivity index (χ0n) is 15.5. The van der Waals surface area contributed by atoms with Crippen molar-refractivity contribution >= 4 is 45.2 Å². The van der Waals surface area contributed by atoms with Gasteiger partial charge in [0.2, 0.25) is 11.8 Å². The van der Waals surface area contributed by atoms with E-state index in [2.05, 4.69) is 31.9 Å². The van der Waals surface area contributed by atoms with Gasteiger partial charge in [0.05, 0.1) is 11.3 Å². The normalized spacial score (nSPS) is 10.1. The van der Waals surface area contributed by atoms with E-state index >= 15 is 0 Å². The van der Waals surface area contributed by atoms with Crippen molar-refractivity contribution in [3.63, 3.8) is 0 Å². The van der Waals surface area contributed by atoms with Crippen LogP contribution in [0.1, 0.15) is 33.6 Å². The lowest BCUT2D eigenvalue weighted by atomic mass is 10.1. The lowest BCUT2D eigenvalue weighted by molar-refractivity contribution is -0.118. The number of para-hydroxylation sites is 1. The number of halogens is 1. The predicted octanol–water partition coefficient (Wildman–Crippen LogP) is 1.81. The molecule has 2 rings (SSSR count). The molecule has 152 valence electrons. The number of carbonyl (C=O) groups is 4. The van der Waals surface area contributed by atoms with E-state index in [0.717, 1.165) is 4.47 Å². The molecule has 0 radical (unpaired) electrons. The summed E-state index contributed by atoms with van der Waals surface area (Å²) in [6.07, 6.45) is 0.0677. The monoisotopic (exact) mass is 460 g/mol. The summed E-state index contributed by atoms with van der Waals surface area (Å²) in [5.41, 5.74) is 6.15. The molecular formula is C20H21BrN4O4. The van der Waals surface area contributed by atoms with Crippen molar-refractivity contribution in [2.24, 2.45) is 5.73 Å². The van der Waals surface area contributed by atoms with Crippen LogP contribution < -0.4 is 21.7 Å². The largest absolute Gasteiger partial charge is 0.370 e. The van der Waals surface area contributed by atoms with Crippen LogP contribution in [0.15, 0.2) is 53.0 Å². The molecule has 0 atom stereocenters. The van der Waals surface area contributed by atoms with Crippen LogP contribution in [0.25, 0.3) is 0 Å². The first-order valence-electron chi connectivity index (χ1n) is 8.86. The van der Waals surface area contributed by atoms with E-state index in [4.69, 9.17) is 5.73 Å². The second-order valence-corrected chi connectivity index (χ2v) is 6.99. The number of rotatable bonds is 9. The number of anilines is 1. The van der Waals surface area contributed by atoms with Crippen LogP contribution in [-0.2, 0) is 9.59 Å². The first-order valence-corrected chi connectivity index (χ1v) is 9.65. The maximum atomic E-state index is 12.2. The van der Waals surface area contributed by atoms with E-state index in [1.165, 1.54) is 0 Å². The molecule has 0 heterocycles. The molecule has 29 heavy (non-hydrogen) atoms. The fraction of sp³-hybridized carbons (Fsp3) is 0.200. The van der Waals surface area contributed by atoms with E-state index in [9.17, 15) is 19.2 Å². The van der Waals surface area contributed by atoms with E-state index in [1.54, 1.807) is 48.5 Å². The average Bonchev–Trinajstić information content (AvgIpc) is 2.68. The molecule has 4 amide bonds. The minimum Gasteiger partial charge on any atom is -0.370 e. The molecule has 5 N–H and O–H groups in total. The molecule has 0 aliphatic carbocycles. The van der Waals surface area contributed by atoms with Gasteiger partial charge in [-0.1, -0.05) is 28.1 Å². The van der Waals surface area contributed by atoms with Gasteiger partial charge in [0.1, 0.15) is 0 Å². The SMILES string of the molecule is NC(=O)CCNC(=O)c1ccccc1NC(=O)CCNC(=O)c1ccc(Br)cc1. The van der Waals surface area contributed by atoms with Crippen molar-refractivity contribution in [1.82, 2.24) is 10.6 Å². The molecule has 9 heteroatoms. The number of benzene rings is 2. The number of hydrogen-bond donors (Lipinski definition) is 4. The molecule has 0 bridgehead atoms. The fourth-order valence-corrected chi connectivity index (χ4v) is 2.65. The molecule has 0 aliphatic rings. The highest BCUT2D eigenvalue weighted by Gasteiger charge is 2.13. The smallest absolute Gasteiger partial charge is 0.253 e. The van der Waals surface area contributed by atoms with Gasteiger partial charge in [-0.05, 0) is 36.4 Å². The maximum Gasteiger partial charge on any atom is 0.253 e. The Morgan fingerprint density at radius 2 is 1.45 bits per heavy atom. The van der Waals surface area contributed by atoms with Gasteiger partial charge >= 0.3 is 0 Å². The molecular weight excluding hydrogens is 440 g/mol. The van der Waals surface area contributed by atoms with Crippen LogP contribution in [0.4, 0.5) is 5.69 Å². The molecule has 2 aromatic carbocycles. The summed E-state index contributed by atoms with van der Waals surface area (Å²) in [5.74, 6) is -1.57. The quantitative estimate of drug-likeness (QED) is 0.454. The summed E-state index contributed by atoms with van der Waals surface area (Å²) >= 11 is 3.30. The lowest BCUT2D eigenvalue weighted by Gasteiger charge is -2.11. The van der Waals surface area contributed by atoms with Crippen molar-refractivity contribution in [1.29, 1.82) is 0 Å². The molecule has 0 aliphatic heterocycles. The molecule has 0 spiro atoms. The van der Waals surface area contributed by atoms with Crippen molar-refractivity contribution in [3.8, 4) is 0 Å². The van der Waals surface area contributed by atoms with Gasteiger partial charge in [-0.25, -0.2) is 0 Å². The fourth-order valence-electron chi connectivity index (χ4n) is 2.39. The highest BCUT2D eigenvalue weighted by Crippen LogP contribution is 2.15. The third-order valence-electron chi connectivity index (χ3n) is 3.85. The lowest BCUT2D eigenvalue weighted by Crippen LogP contribution is -2.30. The van der Waals surface area contributed by atoms with Gasteiger partial charge < -0.3 is 21.7 Å². The summed E-state index contributed by atoms with van der Waals surface area (Å²) < 4.78 is 0.866. The Balaban J connectivity index is 1.85. The standard InChI is InChI=1S/C20H21BrN4O4/c21-14-7-5-13(6-8-14)19(28)23-12-10-18(27)25-16-4-2-1-3-15(16)20(29)24-11-9-17(22)26/h1-8H,9-12H2,(H2,22,26)(H,23,28)(H,24,29)(H,25,27). The van der Waals surface area contributed by atoms with Crippen molar-refractivity contribution in [2.75, 3.05) is 18.4 Å². The van der Waals surface area contributed by atoms with Gasteiger partial charge in [0.25, 0.3) is 11.8 Å². The van der Waals surface area contributed by atoms with E-state index < -0.39 is 11.8 Å². The maximum absolute atomic E-state index is 12.2. The van der Waals surface area contributed by atoms with Gasteiger partial charge in [0.15, 0.2) is 0 Å². The topological polar surface area (TPSA) is 130 Å². The number of nitrogens with one attached hydrogen (secondary N) is 3. The molecule has 0 saturated carbocycles. The summed E-state index contributed by atoms with van der Waals surface area (Å²) in [6.45, 7) is 0.256. The van der Waals surface area contributed by atoms with Crippen LogP contribution in [0.3, 0.4) is 0 Å². The molecule has 8 nitrogen and oxygen atoms in total. The van der Waals surface area contributed by atoms with Gasteiger partial charge in [-0.2, -0.15) is 0 Å². The number of primary amides is 1. The summed E-state index contributed by atoms with van der Waals surface area (Å²) in [7, 11) is 0. The third kappa shape index (κ3) is 7.38. The predicted molar refractivity (Wildman–Crippen MR) is 112 cm³/mol. The Labute approximate surface area is 176 Å². The number of carbonyl (C=O) groups excluding carboxylic acids is 4. The van der Waals surface area contributed by atoms with Crippen molar-refractivity contribution < 1.29 is 19.2 Å². The highest BCUT2D eigenvalue weighted by atomic mass is 79.9. The first kappa shape index (κ1) is 22.1. The van der Waals surface area contributed by atoms with Gasteiger partial charge in [0, 0.05) is 36.0 Å². The van der Waals surface area contributed by atoms with Crippen LogP contribution in [0.5, 0.6) is 0 Å². The summed E-state index contributed by atoms with van der Waals surface area (Å²) in [4.78, 5) is 47.2. The first-order chi connectivity index (χ1) is 13.9. The van der Waals surface area contributed by atoms with E-state index in [1.807, 2.05) is 0 Å². The minimum atomic E-state index is -0.517. The molecule has 0 aromatic heterocycles. The Kier molecular flexibility index (Phi) is 8.35. The zero-order valence-corrected chi connectivity index (χ0v) is 17.1. The second kappa shape index (κ2) is 11.0. The van der Waals surface area contributed by atoms with Crippen LogP contribution in [-0.4, -0.2) is 36.7 Å². The number of nitrogens with two attached hydrogens (primary N) is 1. The van der Waals surface area contributed by atoms with E-state index in [0.29, 0.717) is 11.3 Å². The third-order valence-corrected chi connectivity index (χ3v) is 4.38. The Bertz CT molecular complexity index is 900. The Morgan fingerprint density at radius 3 is 2.14 bits per heavy atom. The molecule has 0 fully saturated rings. The molecule has 2 aromatic rings.